The Bertz CT molecular complexity index is 1100. The van der Waals surface area contributed by atoms with E-state index >= 15 is 0 Å². The summed E-state index contributed by atoms with van der Waals surface area (Å²) in [6, 6.07) is 10.6. The molecule has 0 fully saturated rings. The van der Waals surface area contributed by atoms with E-state index in [9.17, 15) is 21.6 Å². The van der Waals surface area contributed by atoms with Crippen molar-refractivity contribution in [3.05, 3.63) is 65.3 Å². The smallest absolute Gasteiger partial charge is 0.314 e. The van der Waals surface area contributed by atoms with Crippen LogP contribution in [0, 0.1) is 12.7 Å². The first-order chi connectivity index (χ1) is 13.2. The minimum atomic E-state index is -3.68. The summed E-state index contributed by atoms with van der Waals surface area (Å²) >= 11 is 0. The van der Waals surface area contributed by atoms with Gasteiger partial charge in [0.15, 0.2) is 0 Å². The van der Waals surface area contributed by atoms with Crippen molar-refractivity contribution in [1.29, 1.82) is 0 Å². The molecular formula is C18H16F3N3O3S. The van der Waals surface area contributed by atoms with Crippen LogP contribution < -0.4 is 4.31 Å². The first kappa shape index (κ1) is 19.9. The molecule has 3 aromatic rings. The molecule has 0 radical (unpaired) electrons. The molecule has 2 aromatic carbocycles. The number of hydrogen-bond acceptors (Lipinski definition) is 5. The van der Waals surface area contributed by atoms with Crippen LogP contribution in [0.2, 0.25) is 0 Å². The van der Waals surface area contributed by atoms with Crippen LogP contribution in [0.1, 0.15) is 23.4 Å². The van der Waals surface area contributed by atoms with Crippen molar-refractivity contribution in [3.63, 3.8) is 0 Å². The summed E-state index contributed by atoms with van der Waals surface area (Å²) in [4.78, 5) is 0. The van der Waals surface area contributed by atoms with Gasteiger partial charge < -0.3 is 4.42 Å². The SMILES string of the molecule is Cc1ccccc1N(Cc1ccc(-c2nnc(C(F)F)o2)cc1F)S(C)(=O)=O. The Kier molecular flexibility index (Phi) is 5.41. The highest BCUT2D eigenvalue weighted by molar-refractivity contribution is 7.92. The molecule has 6 nitrogen and oxygen atoms in total. The standard InChI is InChI=1S/C18H16F3N3O3S/c1-11-5-3-4-6-15(11)24(28(2,25)26)10-13-8-7-12(9-14(13)19)17-22-23-18(27-17)16(20)21/h3-9,16H,10H2,1-2H3. The van der Waals surface area contributed by atoms with Gasteiger partial charge >= 0.3 is 6.43 Å². The minimum Gasteiger partial charge on any atom is -0.415 e. The van der Waals surface area contributed by atoms with E-state index in [2.05, 4.69) is 10.2 Å². The lowest BCUT2D eigenvalue weighted by Crippen LogP contribution is -2.30. The Morgan fingerprint density at radius 2 is 1.86 bits per heavy atom. The maximum atomic E-state index is 14.6. The fraction of sp³-hybridized carbons (Fsp3) is 0.222. The van der Waals surface area contributed by atoms with Crippen LogP contribution in [0.25, 0.3) is 11.5 Å². The van der Waals surface area contributed by atoms with Crippen molar-refractivity contribution in [2.24, 2.45) is 0 Å². The van der Waals surface area contributed by atoms with E-state index in [1.807, 2.05) is 0 Å². The van der Waals surface area contributed by atoms with Gasteiger partial charge in [-0.1, -0.05) is 24.3 Å². The first-order valence-electron chi connectivity index (χ1n) is 8.10. The molecule has 0 aliphatic rings. The number of sulfonamides is 1. The highest BCUT2D eigenvalue weighted by Crippen LogP contribution is 2.28. The molecule has 0 amide bonds. The second-order valence-electron chi connectivity index (χ2n) is 6.11. The summed E-state index contributed by atoms with van der Waals surface area (Å²) in [5.41, 5.74) is 1.37. The summed E-state index contributed by atoms with van der Waals surface area (Å²) in [6.07, 6.45) is -1.89. The number of para-hydroxylation sites is 1. The third-order valence-electron chi connectivity index (χ3n) is 4.03. The molecule has 0 bridgehead atoms. The van der Waals surface area contributed by atoms with Crippen molar-refractivity contribution < 1.29 is 26.0 Å². The lowest BCUT2D eigenvalue weighted by atomic mass is 10.1. The second kappa shape index (κ2) is 7.63. The Morgan fingerprint density at radius 1 is 1.14 bits per heavy atom. The minimum absolute atomic E-state index is 0.103. The Morgan fingerprint density at radius 3 is 2.43 bits per heavy atom. The zero-order chi connectivity index (χ0) is 20.5. The molecule has 0 spiro atoms. The van der Waals surface area contributed by atoms with Crippen LogP contribution in [-0.2, 0) is 16.6 Å². The molecule has 0 aliphatic heterocycles. The molecule has 1 aromatic heterocycles. The number of nitrogens with zero attached hydrogens (tertiary/aromatic N) is 3. The first-order valence-corrected chi connectivity index (χ1v) is 9.95. The molecule has 148 valence electrons. The second-order valence-corrected chi connectivity index (χ2v) is 8.02. The zero-order valence-electron chi connectivity index (χ0n) is 14.9. The lowest BCUT2D eigenvalue weighted by molar-refractivity contribution is 0.116. The van der Waals surface area contributed by atoms with Gasteiger partial charge in [0, 0.05) is 11.1 Å². The van der Waals surface area contributed by atoms with Gasteiger partial charge in [0.2, 0.25) is 15.9 Å². The fourth-order valence-corrected chi connectivity index (χ4v) is 3.56. The summed E-state index contributed by atoms with van der Waals surface area (Å²) < 4.78 is 70.1. The molecule has 0 saturated carbocycles. The quantitative estimate of drug-likeness (QED) is 0.611. The number of alkyl halides is 2. The maximum absolute atomic E-state index is 14.6. The topological polar surface area (TPSA) is 76.3 Å². The van der Waals surface area contributed by atoms with Crippen LogP contribution in [0.3, 0.4) is 0 Å². The number of anilines is 1. The molecule has 0 saturated heterocycles. The summed E-state index contributed by atoms with van der Waals surface area (Å²) in [7, 11) is -3.68. The zero-order valence-corrected chi connectivity index (χ0v) is 15.8. The van der Waals surface area contributed by atoms with Crippen molar-refractivity contribution in [3.8, 4) is 11.5 Å². The molecule has 28 heavy (non-hydrogen) atoms. The van der Waals surface area contributed by atoms with E-state index in [1.54, 1.807) is 31.2 Å². The van der Waals surface area contributed by atoms with Crippen molar-refractivity contribution in [1.82, 2.24) is 10.2 Å². The molecule has 10 heteroatoms. The van der Waals surface area contributed by atoms with Gasteiger partial charge in [0.25, 0.3) is 5.89 Å². The maximum Gasteiger partial charge on any atom is 0.314 e. The highest BCUT2D eigenvalue weighted by Gasteiger charge is 2.22. The number of benzene rings is 2. The van der Waals surface area contributed by atoms with Crippen LogP contribution >= 0.6 is 0 Å². The van der Waals surface area contributed by atoms with Gasteiger partial charge in [-0.25, -0.2) is 12.8 Å². The van der Waals surface area contributed by atoms with E-state index < -0.39 is 28.2 Å². The van der Waals surface area contributed by atoms with Gasteiger partial charge in [0.05, 0.1) is 18.5 Å². The normalized spacial score (nSPS) is 11.8. The molecule has 3 rings (SSSR count). The van der Waals surface area contributed by atoms with Crippen LogP contribution in [-0.4, -0.2) is 24.9 Å². The van der Waals surface area contributed by atoms with E-state index in [0.717, 1.165) is 22.2 Å². The van der Waals surface area contributed by atoms with Crippen molar-refractivity contribution in [2.75, 3.05) is 10.6 Å². The number of hydrogen-bond donors (Lipinski definition) is 0. The Hall–Kier alpha value is -2.88. The fourth-order valence-electron chi connectivity index (χ4n) is 2.63. The van der Waals surface area contributed by atoms with E-state index in [4.69, 9.17) is 4.42 Å². The molecule has 0 aliphatic carbocycles. The summed E-state index contributed by atoms with van der Waals surface area (Å²) in [5.74, 6) is -1.83. The molecule has 0 atom stereocenters. The van der Waals surface area contributed by atoms with Crippen molar-refractivity contribution in [2.45, 2.75) is 19.9 Å². The number of aryl methyl sites for hydroxylation is 1. The molecule has 1 heterocycles. The summed E-state index contributed by atoms with van der Waals surface area (Å²) in [5, 5.41) is 6.67. The van der Waals surface area contributed by atoms with E-state index in [0.29, 0.717) is 5.69 Å². The third kappa shape index (κ3) is 4.16. The van der Waals surface area contributed by atoms with Gasteiger partial charge in [0.1, 0.15) is 5.82 Å². The van der Waals surface area contributed by atoms with Gasteiger partial charge in [-0.3, -0.25) is 4.31 Å². The number of aromatic nitrogens is 2. The van der Waals surface area contributed by atoms with Crippen LogP contribution in [0.4, 0.5) is 18.9 Å². The summed E-state index contributed by atoms with van der Waals surface area (Å²) in [6.45, 7) is 1.52. The van der Waals surface area contributed by atoms with Gasteiger partial charge in [-0.2, -0.15) is 8.78 Å². The number of rotatable bonds is 6. The van der Waals surface area contributed by atoms with Gasteiger partial charge in [-0.05, 0) is 30.7 Å². The predicted octanol–water partition coefficient (Wildman–Crippen LogP) is 4.09. The molecule has 0 N–H and O–H groups in total. The third-order valence-corrected chi connectivity index (χ3v) is 5.15. The van der Waals surface area contributed by atoms with E-state index in [1.165, 1.54) is 12.1 Å². The van der Waals surface area contributed by atoms with Gasteiger partial charge in [-0.15, -0.1) is 10.2 Å². The average Bonchev–Trinajstić information content (AvgIpc) is 3.11. The van der Waals surface area contributed by atoms with E-state index in [-0.39, 0.29) is 23.6 Å². The average molecular weight is 411 g/mol. The highest BCUT2D eigenvalue weighted by atomic mass is 32.2. The Balaban J connectivity index is 1.93. The Labute approximate surface area is 159 Å². The molecular weight excluding hydrogens is 395 g/mol. The molecule has 0 unspecified atom stereocenters. The lowest BCUT2D eigenvalue weighted by Gasteiger charge is -2.24. The largest absolute Gasteiger partial charge is 0.415 e. The van der Waals surface area contributed by atoms with Crippen LogP contribution in [0.15, 0.2) is 46.9 Å². The van der Waals surface area contributed by atoms with Crippen molar-refractivity contribution >= 4 is 15.7 Å². The number of halogens is 3. The monoisotopic (exact) mass is 411 g/mol. The predicted molar refractivity (Wildman–Crippen MR) is 96.9 cm³/mol. The van der Waals surface area contributed by atoms with Crippen LogP contribution in [0.5, 0.6) is 0 Å².